The number of hydrogen-bond donors (Lipinski definition) is 2. The average molecular weight is 310 g/mol. The number of rotatable bonds is 7. The van der Waals surface area contributed by atoms with E-state index in [1.165, 1.54) is 0 Å². The van der Waals surface area contributed by atoms with Gasteiger partial charge in [-0.05, 0) is 37.6 Å². The molecule has 2 rings (SSSR count). The molecule has 2 N–H and O–H groups in total. The molecular weight excluding hydrogens is 288 g/mol. The van der Waals surface area contributed by atoms with Crippen LogP contribution in [0.2, 0.25) is 0 Å². The second-order valence-electron chi connectivity index (χ2n) is 6.12. The second-order valence-corrected chi connectivity index (χ2v) is 6.12. The number of nitriles is 1. The maximum Gasteiger partial charge on any atom is 0.120 e. The molecule has 0 spiro atoms. The van der Waals surface area contributed by atoms with Crippen molar-refractivity contribution in [3.05, 3.63) is 65.2 Å². The molecule has 0 aliphatic rings. The van der Waals surface area contributed by atoms with Crippen molar-refractivity contribution in [3.8, 4) is 11.8 Å². The second kappa shape index (κ2) is 7.77. The van der Waals surface area contributed by atoms with Crippen molar-refractivity contribution in [2.75, 3.05) is 6.54 Å². The largest absolute Gasteiger partial charge is 0.489 e. The molecule has 120 valence electrons. The Morgan fingerprint density at radius 2 is 1.96 bits per heavy atom. The van der Waals surface area contributed by atoms with E-state index < -0.39 is 5.60 Å². The van der Waals surface area contributed by atoms with E-state index in [2.05, 4.69) is 11.4 Å². The number of aliphatic hydroxyl groups is 1. The monoisotopic (exact) mass is 310 g/mol. The Balaban J connectivity index is 1.94. The molecule has 0 unspecified atom stereocenters. The minimum absolute atomic E-state index is 0.365. The Kier molecular flexibility index (Phi) is 5.75. The lowest BCUT2D eigenvalue weighted by molar-refractivity contribution is 0.0795. The molecule has 0 aromatic heterocycles. The van der Waals surface area contributed by atoms with Crippen molar-refractivity contribution in [1.29, 1.82) is 5.26 Å². The summed E-state index contributed by atoms with van der Waals surface area (Å²) in [7, 11) is 0. The first kappa shape index (κ1) is 17.0. The van der Waals surface area contributed by atoms with Gasteiger partial charge in [0.1, 0.15) is 12.4 Å². The van der Waals surface area contributed by atoms with Gasteiger partial charge in [0, 0.05) is 18.7 Å². The average Bonchev–Trinajstić information content (AvgIpc) is 2.52. The van der Waals surface area contributed by atoms with E-state index in [1.807, 2.05) is 42.5 Å². The fourth-order valence-corrected chi connectivity index (χ4v) is 2.17. The van der Waals surface area contributed by atoms with Crippen LogP contribution in [-0.2, 0) is 13.2 Å². The lowest BCUT2D eigenvalue weighted by atomic mass is 10.1. The van der Waals surface area contributed by atoms with Gasteiger partial charge in [-0.3, -0.25) is 0 Å². The Morgan fingerprint density at radius 1 is 1.17 bits per heavy atom. The Bertz CT molecular complexity index is 684. The Morgan fingerprint density at radius 3 is 2.70 bits per heavy atom. The van der Waals surface area contributed by atoms with Crippen LogP contribution in [0.5, 0.6) is 5.75 Å². The molecule has 4 nitrogen and oxygen atoms in total. The van der Waals surface area contributed by atoms with Gasteiger partial charge in [-0.25, -0.2) is 0 Å². The highest BCUT2D eigenvalue weighted by atomic mass is 16.5. The molecule has 2 aromatic rings. The van der Waals surface area contributed by atoms with Crippen LogP contribution in [0.15, 0.2) is 48.5 Å². The standard InChI is InChI=1S/C19H22N2O2/c1-19(2,22)14-21-12-15-6-5-9-18(10-15)23-13-17-8-4-3-7-16(17)11-20/h3-10,21-22H,12-14H2,1-2H3. The summed E-state index contributed by atoms with van der Waals surface area (Å²) in [5.74, 6) is 0.764. The van der Waals surface area contributed by atoms with Crippen LogP contribution in [0.1, 0.15) is 30.5 Å². The molecule has 4 heteroatoms. The Hall–Kier alpha value is -2.35. The quantitative estimate of drug-likeness (QED) is 0.825. The third-order valence-corrected chi connectivity index (χ3v) is 3.32. The third kappa shape index (κ3) is 5.74. The van der Waals surface area contributed by atoms with Crippen LogP contribution >= 0.6 is 0 Å². The van der Waals surface area contributed by atoms with Gasteiger partial charge in [-0.2, -0.15) is 5.26 Å². The molecule has 2 aromatic carbocycles. The maximum atomic E-state index is 9.70. The molecule has 0 fully saturated rings. The van der Waals surface area contributed by atoms with Gasteiger partial charge >= 0.3 is 0 Å². The van der Waals surface area contributed by atoms with Crippen LogP contribution in [0.25, 0.3) is 0 Å². The summed E-state index contributed by atoms with van der Waals surface area (Å²) in [6, 6.07) is 17.4. The molecule has 0 aliphatic carbocycles. The molecular formula is C19H22N2O2. The fourth-order valence-electron chi connectivity index (χ4n) is 2.17. The highest BCUT2D eigenvalue weighted by Crippen LogP contribution is 2.16. The van der Waals surface area contributed by atoms with Crippen LogP contribution in [0, 0.1) is 11.3 Å². The minimum Gasteiger partial charge on any atom is -0.489 e. The molecule has 0 radical (unpaired) electrons. The number of benzene rings is 2. The van der Waals surface area contributed by atoms with Crippen molar-refractivity contribution < 1.29 is 9.84 Å². The van der Waals surface area contributed by atoms with Crippen molar-refractivity contribution in [2.24, 2.45) is 0 Å². The molecule has 0 bridgehead atoms. The van der Waals surface area contributed by atoms with E-state index >= 15 is 0 Å². The first-order valence-electron chi connectivity index (χ1n) is 7.61. The van der Waals surface area contributed by atoms with E-state index in [0.29, 0.717) is 25.3 Å². The maximum absolute atomic E-state index is 9.70. The summed E-state index contributed by atoms with van der Waals surface area (Å²) in [6.07, 6.45) is 0. The minimum atomic E-state index is -0.727. The number of hydrogen-bond acceptors (Lipinski definition) is 4. The first-order valence-corrected chi connectivity index (χ1v) is 7.61. The molecule has 0 amide bonds. The SMILES string of the molecule is CC(C)(O)CNCc1cccc(OCc2ccccc2C#N)c1. The summed E-state index contributed by atoms with van der Waals surface area (Å²) in [4.78, 5) is 0. The third-order valence-electron chi connectivity index (χ3n) is 3.32. The highest BCUT2D eigenvalue weighted by Gasteiger charge is 2.11. The lowest BCUT2D eigenvalue weighted by Gasteiger charge is -2.17. The zero-order chi connectivity index (χ0) is 16.7. The van der Waals surface area contributed by atoms with E-state index in [-0.39, 0.29) is 0 Å². The summed E-state index contributed by atoms with van der Waals surface area (Å²) in [5.41, 5.74) is 1.87. The van der Waals surface area contributed by atoms with Crippen molar-refractivity contribution >= 4 is 0 Å². The topological polar surface area (TPSA) is 65.3 Å². The molecule has 0 saturated carbocycles. The van der Waals surface area contributed by atoms with E-state index in [1.54, 1.807) is 19.9 Å². The van der Waals surface area contributed by atoms with Crippen LogP contribution in [-0.4, -0.2) is 17.3 Å². The number of ether oxygens (including phenoxy) is 1. The molecule has 0 atom stereocenters. The lowest BCUT2D eigenvalue weighted by Crippen LogP contribution is -2.34. The van der Waals surface area contributed by atoms with Crippen molar-refractivity contribution in [3.63, 3.8) is 0 Å². The summed E-state index contributed by atoms with van der Waals surface area (Å²) in [5, 5.41) is 22.0. The predicted molar refractivity (Wildman–Crippen MR) is 89.9 cm³/mol. The summed E-state index contributed by atoms with van der Waals surface area (Å²) in [6.45, 7) is 5.09. The summed E-state index contributed by atoms with van der Waals surface area (Å²) < 4.78 is 5.79. The van der Waals surface area contributed by atoms with Crippen molar-refractivity contribution in [1.82, 2.24) is 5.32 Å². The molecule has 0 saturated heterocycles. The van der Waals surface area contributed by atoms with Crippen LogP contribution in [0.4, 0.5) is 0 Å². The van der Waals surface area contributed by atoms with Crippen LogP contribution in [0.3, 0.4) is 0 Å². The van der Waals surface area contributed by atoms with Gasteiger partial charge < -0.3 is 15.2 Å². The number of nitrogens with zero attached hydrogens (tertiary/aromatic N) is 1. The van der Waals surface area contributed by atoms with Gasteiger partial charge in [-0.15, -0.1) is 0 Å². The van der Waals surface area contributed by atoms with Gasteiger partial charge in [0.15, 0.2) is 0 Å². The Labute approximate surface area is 137 Å². The molecule has 23 heavy (non-hydrogen) atoms. The fraction of sp³-hybridized carbons (Fsp3) is 0.316. The van der Waals surface area contributed by atoms with Gasteiger partial charge in [0.25, 0.3) is 0 Å². The zero-order valence-electron chi connectivity index (χ0n) is 13.5. The predicted octanol–water partition coefficient (Wildman–Crippen LogP) is 3.00. The molecule has 0 heterocycles. The van der Waals surface area contributed by atoms with E-state index in [4.69, 9.17) is 10.00 Å². The smallest absolute Gasteiger partial charge is 0.120 e. The van der Waals surface area contributed by atoms with Gasteiger partial charge in [0.05, 0.1) is 17.2 Å². The highest BCUT2D eigenvalue weighted by molar-refractivity contribution is 5.37. The van der Waals surface area contributed by atoms with Crippen molar-refractivity contribution in [2.45, 2.75) is 32.6 Å². The van der Waals surface area contributed by atoms with Gasteiger partial charge in [-0.1, -0.05) is 30.3 Å². The van der Waals surface area contributed by atoms with Gasteiger partial charge in [0.2, 0.25) is 0 Å². The normalized spacial score (nSPS) is 11.0. The first-order chi connectivity index (χ1) is 11.0. The number of nitrogens with one attached hydrogen (secondary N) is 1. The van der Waals surface area contributed by atoms with E-state index in [9.17, 15) is 5.11 Å². The molecule has 0 aliphatic heterocycles. The van der Waals surface area contributed by atoms with E-state index in [0.717, 1.165) is 16.9 Å². The zero-order valence-corrected chi connectivity index (χ0v) is 13.5. The van der Waals surface area contributed by atoms with Crippen LogP contribution < -0.4 is 10.1 Å². The summed E-state index contributed by atoms with van der Waals surface area (Å²) >= 11 is 0.